The second-order valence-corrected chi connectivity index (χ2v) is 8.33. The van der Waals surface area contributed by atoms with Gasteiger partial charge in [0.05, 0.1) is 33.2 Å². The maximum absolute atomic E-state index is 12.9. The third kappa shape index (κ3) is 4.84. The standard InChI is InChI=1S/C23H19ClN4O2S/c1-15-13-20(27-22(29)17-9-5-6-10-18(17)24)31-21(15)23(30)26-19-11-12-25-28(19)14-16-7-3-2-4-8-16/h2-13H,14H2,1H3,(H,26,30)(H,27,29). The van der Waals surface area contributed by atoms with Crippen molar-refractivity contribution in [2.75, 3.05) is 10.6 Å². The number of anilines is 2. The average molecular weight is 451 g/mol. The summed E-state index contributed by atoms with van der Waals surface area (Å²) in [5.41, 5.74) is 2.23. The number of carbonyl (C=O) groups is 2. The molecule has 0 atom stereocenters. The van der Waals surface area contributed by atoms with Crippen molar-refractivity contribution >= 4 is 45.6 Å². The number of amides is 2. The highest BCUT2D eigenvalue weighted by Crippen LogP contribution is 2.28. The Hall–Kier alpha value is -3.42. The molecule has 0 saturated heterocycles. The molecule has 2 heterocycles. The van der Waals surface area contributed by atoms with Crippen molar-refractivity contribution in [2.24, 2.45) is 0 Å². The van der Waals surface area contributed by atoms with Crippen LogP contribution >= 0.6 is 22.9 Å². The Kier molecular flexibility index (Phi) is 6.16. The average Bonchev–Trinajstić information content (AvgIpc) is 3.35. The van der Waals surface area contributed by atoms with Gasteiger partial charge in [0.15, 0.2) is 0 Å². The van der Waals surface area contributed by atoms with Gasteiger partial charge in [0.2, 0.25) is 0 Å². The molecule has 4 aromatic rings. The lowest BCUT2D eigenvalue weighted by atomic mass is 10.2. The fourth-order valence-electron chi connectivity index (χ4n) is 3.09. The molecule has 4 rings (SSSR count). The first-order valence-corrected chi connectivity index (χ1v) is 10.7. The molecule has 2 N–H and O–H groups in total. The van der Waals surface area contributed by atoms with Gasteiger partial charge in [-0.1, -0.05) is 54.1 Å². The molecule has 0 aliphatic heterocycles. The first-order valence-electron chi connectivity index (χ1n) is 9.54. The predicted molar refractivity (Wildman–Crippen MR) is 124 cm³/mol. The van der Waals surface area contributed by atoms with Crippen LogP contribution in [-0.2, 0) is 6.54 Å². The van der Waals surface area contributed by atoms with Crippen molar-refractivity contribution in [1.29, 1.82) is 0 Å². The van der Waals surface area contributed by atoms with E-state index in [1.165, 1.54) is 11.3 Å². The maximum atomic E-state index is 12.9. The van der Waals surface area contributed by atoms with Gasteiger partial charge in [-0.05, 0) is 36.2 Å². The number of hydrogen-bond donors (Lipinski definition) is 2. The summed E-state index contributed by atoms with van der Waals surface area (Å²) in [6.45, 7) is 2.38. The zero-order valence-corrected chi connectivity index (χ0v) is 18.2. The molecule has 0 aliphatic rings. The van der Waals surface area contributed by atoms with Gasteiger partial charge in [0, 0.05) is 6.07 Å². The van der Waals surface area contributed by atoms with E-state index in [1.54, 1.807) is 47.3 Å². The molecule has 6 nitrogen and oxygen atoms in total. The Morgan fingerprint density at radius 1 is 1.00 bits per heavy atom. The molecule has 31 heavy (non-hydrogen) atoms. The zero-order chi connectivity index (χ0) is 21.8. The van der Waals surface area contributed by atoms with Gasteiger partial charge in [0.25, 0.3) is 11.8 Å². The minimum Gasteiger partial charge on any atom is -0.313 e. The number of hydrogen-bond acceptors (Lipinski definition) is 4. The SMILES string of the molecule is Cc1cc(NC(=O)c2ccccc2Cl)sc1C(=O)Nc1ccnn1Cc1ccccc1. The van der Waals surface area contributed by atoms with Crippen LogP contribution in [0.25, 0.3) is 0 Å². The maximum Gasteiger partial charge on any atom is 0.267 e. The summed E-state index contributed by atoms with van der Waals surface area (Å²) in [6, 6.07) is 20.2. The lowest BCUT2D eigenvalue weighted by molar-refractivity contribution is 0.101. The van der Waals surface area contributed by atoms with E-state index in [-0.39, 0.29) is 11.8 Å². The minimum atomic E-state index is -0.320. The van der Waals surface area contributed by atoms with Crippen LogP contribution < -0.4 is 10.6 Å². The van der Waals surface area contributed by atoms with Gasteiger partial charge < -0.3 is 10.6 Å². The number of thiophene rings is 1. The first kappa shape index (κ1) is 20.8. The number of aromatic nitrogens is 2. The molecule has 2 aromatic carbocycles. The molecule has 8 heteroatoms. The monoisotopic (exact) mass is 450 g/mol. The Morgan fingerprint density at radius 2 is 1.74 bits per heavy atom. The van der Waals surface area contributed by atoms with Crippen molar-refractivity contribution in [2.45, 2.75) is 13.5 Å². The molecule has 156 valence electrons. The first-order chi connectivity index (χ1) is 15.0. The number of carbonyl (C=O) groups excluding carboxylic acids is 2. The number of rotatable bonds is 6. The van der Waals surface area contributed by atoms with E-state index < -0.39 is 0 Å². The molecule has 0 saturated carbocycles. The molecular formula is C23H19ClN4O2S. The second-order valence-electron chi connectivity index (χ2n) is 6.87. The van der Waals surface area contributed by atoms with Crippen LogP contribution in [0.1, 0.15) is 31.2 Å². The Bertz CT molecular complexity index is 1230. The summed E-state index contributed by atoms with van der Waals surface area (Å²) in [5.74, 6) is 0.0265. The lowest BCUT2D eigenvalue weighted by Gasteiger charge is -2.09. The Balaban J connectivity index is 1.47. The largest absolute Gasteiger partial charge is 0.313 e. The number of benzene rings is 2. The Morgan fingerprint density at radius 3 is 2.52 bits per heavy atom. The quantitative estimate of drug-likeness (QED) is 0.409. The molecule has 2 amide bonds. The van der Waals surface area contributed by atoms with E-state index in [4.69, 9.17) is 11.6 Å². The van der Waals surface area contributed by atoms with Crippen molar-refractivity contribution < 1.29 is 9.59 Å². The van der Waals surface area contributed by atoms with Crippen LogP contribution in [0, 0.1) is 6.92 Å². The van der Waals surface area contributed by atoms with Gasteiger partial charge in [-0.25, -0.2) is 4.68 Å². The smallest absolute Gasteiger partial charge is 0.267 e. The molecular weight excluding hydrogens is 432 g/mol. The summed E-state index contributed by atoms with van der Waals surface area (Å²) >= 11 is 7.31. The van der Waals surface area contributed by atoms with Gasteiger partial charge in [0.1, 0.15) is 5.82 Å². The van der Waals surface area contributed by atoms with Gasteiger partial charge >= 0.3 is 0 Å². The fraction of sp³-hybridized carbons (Fsp3) is 0.0870. The zero-order valence-electron chi connectivity index (χ0n) is 16.6. The summed E-state index contributed by atoms with van der Waals surface area (Å²) < 4.78 is 1.73. The number of nitrogens with zero attached hydrogens (tertiary/aromatic N) is 2. The van der Waals surface area contributed by atoms with Crippen LogP contribution in [0.2, 0.25) is 5.02 Å². The van der Waals surface area contributed by atoms with Crippen molar-refractivity contribution in [3.8, 4) is 0 Å². The van der Waals surface area contributed by atoms with Gasteiger partial charge in [-0.3, -0.25) is 9.59 Å². The summed E-state index contributed by atoms with van der Waals surface area (Å²) in [4.78, 5) is 25.9. The molecule has 0 bridgehead atoms. The van der Waals surface area contributed by atoms with E-state index >= 15 is 0 Å². The summed E-state index contributed by atoms with van der Waals surface area (Å²) in [6.07, 6.45) is 1.65. The predicted octanol–water partition coefficient (Wildman–Crippen LogP) is 5.46. The third-order valence-electron chi connectivity index (χ3n) is 4.61. The normalized spacial score (nSPS) is 10.6. The van der Waals surface area contributed by atoms with Crippen LogP contribution in [0.3, 0.4) is 0 Å². The van der Waals surface area contributed by atoms with Crippen LogP contribution in [0.5, 0.6) is 0 Å². The van der Waals surface area contributed by atoms with Gasteiger partial charge in [-0.2, -0.15) is 5.10 Å². The third-order valence-corrected chi connectivity index (χ3v) is 6.09. The molecule has 0 spiro atoms. The molecule has 0 unspecified atom stereocenters. The summed E-state index contributed by atoms with van der Waals surface area (Å²) in [5, 5.41) is 11.0. The van der Waals surface area contributed by atoms with Crippen molar-refractivity contribution in [3.63, 3.8) is 0 Å². The number of aryl methyl sites for hydroxylation is 1. The van der Waals surface area contributed by atoms with Gasteiger partial charge in [-0.15, -0.1) is 11.3 Å². The molecule has 2 aromatic heterocycles. The van der Waals surface area contributed by atoms with E-state index in [1.807, 2.05) is 37.3 Å². The van der Waals surface area contributed by atoms with Crippen LogP contribution in [-0.4, -0.2) is 21.6 Å². The highest BCUT2D eigenvalue weighted by molar-refractivity contribution is 7.18. The van der Waals surface area contributed by atoms with E-state index in [0.29, 0.717) is 32.8 Å². The van der Waals surface area contributed by atoms with Crippen molar-refractivity contribution in [1.82, 2.24) is 9.78 Å². The van der Waals surface area contributed by atoms with E-state index in [0.717, 1.165) is 11.1 Å². The minimum absolute atomic E-state index is 0.254. The highest BCUT2D eigenvalue weighted by Gasteiger charge is 2.18. The Labute approximate surface area is 188 Å². The highest BCUT2D eigenvalue weighted by atomic mass is 35.5. The second kappa shape index (κ2) is 9.16. The molecule has 0 radical (unpaired) electrons. The van der Waals surface area contributed by atoms with E-state index in [9.17, 15) is 9.59 Å². The van der Waals surface area contributed by atoms with Crippen LogP contribution in [0.15, 0.2) is 72.9 Å². The van der Waals surface area contributed by atoms with Crippen molar-refractivity contribution in [3.05, 3.63) is 99.5 Å². The van der Waals surface area contributed by atoms with Crippen LogP contribution in [0.4, 0.5) is 10.8 Å². The summed E-state index contributed by atoms with van der Waals surface area (Å²) in [7, 11) is 0. The number of nitrogens with one attached hydrogen (secondary N) is 2. The topological polar surface area (TPSA) is 76.0 Å². The number of halogens is 1. The molecule has 0 aliphatic carbocycles. The fourth-order valence-corrected chi connectivity index (χ4v) is 4.27. The molecule has 0 fully saturated rings. The van der Waals surface area contributed by atoms with E-state index in [2.05, 4.69) is 15.7 Å². The lowest BCUT2D eigenvalue weighted by Crippen LogP contribution is -2.16.